The van der Waals surface area contributed by atoms with Crippen LogP contribution in [-0.4, -0.2) is 34.0 Å². The van der Waals surface area contributed by atoms with E-state index in [2.05, 4.69) is 18.3 Å². The van der Waals surface area contributed by atoms with Gasteiger partial charge in [0, 0.05) is 26.2 Å². The van der Waals surface area contributed by atoms with Crippen LogP contribution in [0.5, 0.6) is 11.5 Å². The van der Waals surface area contributed by atoms with Crippen molar-refractivity contribution in [3.05, 3.63) is 23.8 Å². The summed E-state index contributed by atoms with van der Waals surface area (Å²) in [4.78, 5) is 0. The van der Waals surface area contributed by atoms with Crippen LogP contribution in [0.2, 0.25) is 0 Å². The molecule has 1 aromatic carbocycles. The molecule has 4 nitrogen and oxygen atoms in total. The molecule has 0 aromatic heterocycles. The maximum atomic E-state index is 5.88. The van der Waals surface area contributed by atoms with Crippen molar-refractivity contribution in [1.29, 1.82) is 0 Å². The summed E-state index contributed by atoms with van der Waals surface area (Å²) < 4.78 is 16.3. The van der Waals surface area contributed by atoms with Crippen LogP contribution in [0.15, 0.2) is 18.2 Å². The Labute approximate surface area is 116 Å². The van der Waals surface area contributed by atoms with Crippen molar-refractivity contribution in [3.8, 4) is 11.5 Å². The largest absolute Gasteiger partial charge is 0.493 e. The summed E-state index contributed by atoms with van der Waals surface area (Å²) in [7, 11) is 5.30. The third-order valence-corrected chi connectivity index (χ3v) is 3.18. The summed E-state index contributed by atoms with van der Waals surface area (Å²) in [5.41, 5.74) is 1.18. The summed E-state index contributed by atoms with van der Waals surface area (Å²) in [5, 5.41) is 3.21. The zero-order valence-corrected chi connectivity index (χ0v) is 12.5. The van der Waals surface area contributed by atoms with E-state index in [0.717, 1.165) is 17.9 Å². The minimum Gasteiger partial charge on any atom is -0.493 e. The van der Waals surface area contributed by atoms with Crippen molar-refractivity contribution in [2.45, 2.75) is 32.4 Å². The first kappa shape index (κ1) is 15.8. The Hall–Kier alpha value is -1.26. The molecule has 0 saturated carbocycles. The van der Waals surface area contributed by atoms with Gasteiger partial charge in [-0.05, 0) is 38.6 Å². The molecule has 0 bridgehead atoms. The molecule has 0 saturated heterocycles. The van der Waals surface area contributed by atoms with Crippen LogP contribution in [0.1, 0.15) is 31.9 Å². The van der Waals surface area contributed by atoms with E-state index in [0.29, 0.717) is 6.61 Å². The highest BCUT2D eigenvalue weighted by Crippen LogP contribution is 2.31. The highest BCUT2D eigenvalue weighted by atomic mass is 16.5. The van der Waals surface area contributed by atoms with Crippen LogP contribution >= 0.6 is 0 Å². The molecule has 1 rings (SSSR count). The Bertz CT molecular complexity index is 382. The van der Waals surface area contributed by atoms with E-state index in [9.17, 15) is 0 Å². The van der Waals surface area contributed by atoms with Gasteiger partial charge in [0.2, 0.25) is 0 Å². The van der Waals surface area contributed by atoms with Crippen LogP contribution in [-0.2, 0) is 4.74 Å². The lowest BCUT2D eigenvalue weighted by Gasteiger charge is -2.18. The molecule has 108 valence electrons. The Morgan fingerprint density at radius 1 is 1.16 bits per heavy atom. The molecule has 0 aliphatic heterocycles. The zero-order valence-electron chi connectivity index (χ0n) is 12.5. The predicted molar refractivity (Wildman–Crippen MR) is 77.1 cm³/mol. The Balaban J connectivity index is 2.78. The highest BCUT2D eigenvalue weighted by molar-refractivity contribution is 5.43. The molecule has 1 N–H and O–H groups in total. The van der Waals surface area contributed by atoms with E-state index in [-0.39, 0.29) is 12.1 Å². The summed E-state index contributed by atoms with van der Waals surface area (Å²) in [6.45, 7) is 4.83. The molecule has 0 aliphatic carbocycles. The average molecular weight is 267 g/mol. The van der Waals surface area contributed by atoms with E-state index in [1.165, 1.54) is 5.56 Å². The maximum Gasteiger partial charge on any atom is 0.161 e. The lowest BCUT2D eigenvalue weighted by atomic mass is 10.1. The quantitative estimate of drug-likeness (QED) is 0.786. The molecular formula is C15H25NO3. The van der Waals surface area contributed by atoms with Crippen LogP contribution < -0.4 is 14.8 Å². The van der Waals surface area contributed by atoms with E-state index in [4.69, 9.17) is 14.2 Å². The van der Waals surface area contributed by atoms with Crippen molar-refractivity contribution in [2.75, 3.05) is 27.9 Å². The van der Waals surface area contributed by atoms with Gasteiger partial charge < -0.3 is 19.5 Å². The predicted octanol–water partition coefficient (Wildman–Crippen LogP) is 2.78. The summed E-state index contributed by atoms with van der Waals surface area (Å²) in [6, 6.07) is 6.32. The highest BCUT2D eigenvalue weighted by Gasteiger charge is 2.12. The van der Waals surface area contributed by atoms with E-state index < -0.39 is 0 Å². The number of methoxy groups -OCH3 is 2. The lowest BCUT2D eigenvalue weighted by molar-refractivity contribution is 0.132. The van der Waals surface area contributed by atoms with E-state index in [1.807, 2.05) is 26.1 Å². The normalized spacial score (nSPS) is 13.9. The maximum absolute atomic E-state index is 5.88. The second-order valence-electron chi connectivity index (χ2n) is 4.63. The number of nitrogens with one attached hydrogen (secondary N) is 1. The fraction of sp³-hybridized carbons (Fsp3) is 0.600. The van der Waals surface area contributed by atoms with Gasteiger partial charge in [0.15, 0.2) is 11.5 Å². The fourth-order valence-corrected chi connectivity index (χ4v) is 1.78. The first-order valence-electron chi connectivity index (χ1n) is 6.63. The van der Waals surface area contributed by atoms with Crippen molar-refractivity contribution in [2.24, 2.45) is 0 Å². The second kappa shape index (κ2) is 8.02. The first-order valence-corrected chi connectivity index (χ1v) is 6.63. The number of hydrogen-bond acceptors (Lipinski definition) is 4. The Kier molecular flexibility index (Phi) is 6.67. The van der Waals surface area contributed by atoms with Crippen molar-refractivity contribution in [1.82, 2.24) is 5.32 Å². The lowest BCUT2D eigenvalue weighted by Crippen LogP contribution is -2.15. The van der Waals surface area contributed by atoms with Crippen molar-refractivity contribution < 1.29 is 14.2 Å². The van der Waals surface area contributed by atoms with E-state index >= 15 is 0 Å². The molecule has 0 amide bonds. The van der Waals surface area contributed by atoms with Gasteiger partial charge in [-0.25, -0.2) is 0 Å². The van der Waals surface area contributed by atoms with Crippen molar-refractivity contribution in [3.63, 3.8) is 0 Å². The molecule has 4 heteroatoms. The van der Waals surface area contributed by atoms with Crippen molar-refractivity contribution >= 4 is 0 Å². The molecule has 1 aromatic rings. The molecule has 0 spiro atoms. The fourth-order valence-electron chi connectivity index (χ4n) is 1.78. The Morgan fingerprint density at radius 3 is 2.47 bits per heavy atom. The van der Waals surface area contributed by atoms with Crippen LogP contribution in [0, 0.1) is 0 Å². The topological polar surface area (TPSA) is 39.7 Å². The second-order valence-corrected chi connectivity index (χ2v) is 4.63. The molecule has 0 aliphatic rings. The Morgan fingerprint density at radius 2 is 1.89 bits per heavy atom. The average Bonchev–Trinajstić information content (AvgIpc) is 2.44. The van der Waals surface area contributed by atoms with Gasteiger partial charge in [0.25, 0.3) is 0 Å². The van der Waals surface area contributed by atoms with Gasteiger partial charge in [-0.3, -0.25) is 0 Å². The molecule has 2 atom stereocenters. The molecule has 19 heavy (non-hydrogen) atoms. The van der Waals surface area contributed by atoms with Gasteiger partial charge in [0.1, 0.15) is 0 Å². The van der Waals surface area contributed by atoms with Gasteiger partial charge >= 0.3 is 0 Å². The molecule has 0 fully saturated rings. The van der Waals surface area contributed by atoms with Crippen LogP contribution in [0.4, 0.5) is 0 Å². The van der Waals surface area contributed by atoms with Gasteiger partial charge in [0.05, 0.1) is 13.2 Å². The van der Waals surface area contributed by atoms with Crippen LogP contribution in [0.3, 0.4) is 0 Å². The van der Waals surface area contributed by atoms with E-state index in [1.54, 1.807) is 14.2 Å². The third kappa shape index (κ3) is 4.73. The smallest absolute Gasteiger partial charge is 0.161 e. The molecule has 2 unspecified atom stereocenters. The molecule has 0 heterocycles. The number of ether oxygens (including phenoxy) is 3. The number of rotatable bonds is 8. The summed E-state index contributed by atoms with van der Waals surface area (Å²) >= 11 is 0. The summed E-state index contributed by atoms with van der Waals surface area (Å²) in [6.07, 6.45) is 0.954. The standard InChI is InChI=1S/C15H25NO3/c1-11(8-9-17-4)19-14-7-6-13(12(2)16-3)10-15(14)18-5/h6-7,10-12,16H,8-9H2,1-5H3. The molecular weight excluding hydrogens is 242 g/mol. The minimum absolute atomic E-state index is 0.0985. The van der Waals surface area contributed by atoms with Crippen LogP contribution in [0.25, 0.3) is 0 Å². The number of hydrogen-bond donors (Lipinski definition) is 1. The third-order valence-electron chi connectivity index (χ3n) is 3.18. The first-order chi connectivity index (χ1) is 9.12. The zero-order chi connectivity index (χ0) is 14.3. The SMILES string of the molecule is CNC(C)c1ccc(OC(C)CCOC)c(OC)c1. The van der Waals surface area contributed by atoms with Gasteiger partial charge in [-0.1, -0.05) is 6.07 Å². The summed E-state index contributed by atoms with van der Waals surface area (Å²) in [5.74, 6) is 1.54. The van der Waals surface area contributed by atoms with Gasteiger partial charge in [-0.15, -0.1) is 0 Å². The molecule has 0 radical (unpaired) electrons. The minimum atomic E-state index is 0.0985. The monoisotopic (exact) mass is 267 g/mol. The van der Waals surface area contributed by atoms with Gasteiger partial charge in [-0.2, -0.15) is 0 Å². The number of benzene rings is 1.